The molecule has 1 unspecified atom stereocenters. The second-order valence-corrected chi connectivity index (χ2v) is 4.77. The highest BCUT2D eigenvalue weighted by atomic mass is 16.4. The summed E-state index contributed by atoms with van der Waals surface area (Å²) < 4.78 is 5.64. The van der Waals surface area contributed by atoms with Crippen LogP contribution in [0.25, 0.3) is 0 Å². The maximum atomic E-state index is 5.64. The minimum Gasteiger partial charge on any atom is -0.406 e. The maximum Gasteiger partial charge on any atom is 0.318 e. The average Bonchev–Trinajstić information content (AvgIpc) is 2.90. The highest BCUT2D eigenvalue weighted by molar-refractivity contribution is 5.28. The Bertz CT molecular complexity index is 520. The molecule has 2 rings (SSSR count). The van der Waals surface area contributed by atoms with Gasteiger partial charge in [-0.15, -0.1) is 5.10 Å². The van der Waals surface area contributed by atoms with Crippen LogP contribution in [0.5, 0.6) is 0 Å². The van der Waals surface area contributed by atoms with Crippen LogP contribution in [0.1, 0.15) is 30.0 Å². The van der Waals surface area contributed by atoms with E-state index < -0.39 is 0 Å². The fourth-order valence-electron chi connectivity index (χ4n) is 1.71. The Morgan fingerprint density at radius 1 is 1.26 bits per heavy atom. The van der Waals surface area contributed by atoms with E-state index in [-0.39, 0.29) is 6.04 Å². The van der Waals surface area contributed by atoms with Crippen molar-refractivity contribution in [1.82, 2.24) is 15.5 Å². The van der Waals surface area contributed by atoms with Crippen molar-refractivity contribution in [3.8, 4) is 0 Å². The Balaban J connectivity index is 2.05. The number of nitrogens with one attached hydrogen (secondary N) is 1. The Morgan fingerprint density at radius 3 is 2.58 bits per heavy atom. The van der Waals surface area contributed by atoms with E-state index in [1.165, 1.54) is 11.1 Å². The fraction of sp³-hybridized carbons (Fsp3) is 0.429. The van der Waals surface area contributed by atoms with E-state index in [2.05, 4.69) is 46.7 Å². The van der Waals surface area contributed by atoms with Gasteiger partial charge in [0.25, 0.3) is 0 Å². The van der Waals surface area contributed by atoms with Gasteiger partial charge in [0.2, 0.25) is 5.89 Å². The number of hydrogen-bond donors (Lipinski definition) is 1. The van der Waals surface area contributed by atoms with Crippen molar-refractivity contribution in [3.05, 3.63) is 41.3 Å². The summed E-state index contributed by atoms with van der Waals surface area (Å²) in [6.07, 6.45) is 0. The SMILES string of the molecule is CNC(C)c1nnc(N(C)Cc2ccc(C)cc2)o1. The summed E-state index contributed by atoms with van der Waals surface area (Å²) in [5.74, 6) is 0.605. The van der Waals surface area contributed by atoms with Crippen LogP contribution in [0.15, 0.2) is 28.7 Å². The second-order valence-electron chi connectivity index (χ2n) is 4.77. The summed E-state index contributed by atoms with van der Waals surface area (Å²) in [6.45, 7) is 4.81. The fourth-order valence-corrected chi connectivity index (χ4v) is 1.71. The lowest BCUT2D eigenvalue weighted by Crippen LogP contribution is -2.16. The second kappa shape index (κ2) is 5.84. The molecule has 0 aliphatic carbocycles. The lowest BCUT2D eigenvalue weighted by Gasteiger charge is -2.14. The van der Waals surface area contributed by atoms with Crippen LogP contribution in [0.3, 0.4) is 0 Å². The van der Waals surface area contributed by atoms with Crippen LogP contribution < -0.4 is 10.2 Å². The van der Waals surface area contributed by atoms with Gasteiger partial charge in [-0.3, -0.25) is 0 Å². The van der Waals surface area contributed by atoms with Crippen molar-refractivity contribution in [2.45, 2.75) is 26.4 Å². The Kier molecular flexibility index (Phi) is 4.16. The first-order valence-corrected chi connectivity index (χ1v) is 6.37. The molecule has 0 aliphatic heterocycles. The van der Waals surface area contributed by atoms with Crippen molar-refractivity contribution in [2.75, 3.05) is 19.0 Å². The number of benzene rings is 1. The van der Waals surface area contributed by atoms with E-state index >= 15 is 0 Å². The molecular weight excluding hydrogens is 240 g/mol. The molecule has 1 atom stereocenters. The molecule has 0 saturated heterocycles. The van der Waals surface area contributed by atoms with Gasteiger partial charge in [0.15, 0.2) is 0 Å². The van der Waals surface area contributed by atoms with Crippen LogP contribution in [-0.4, -0.2) is 24.3 Å². The van der Waals surface area contributed by atoms with Crippen molar-refractivity contribution in [3.63, 3.8) is 0 Å². The largest absolute Gasteiger partial charge is 0.406 e. The molecule has 5 nitrogen and oxygen atoms in total. The molecule has 1 aromatic carbocycles. The summed E-state index contributed by atoms with van der Waals surface area (Å²) >= 11 is 0. The Labute approximate surface area is 113 Å². The molecule has 0 radical (unpaired) electrons. The molecule has 0 spiro atoms. The molecule has 0 fully saturated rings. The standard InChI is InChI=1S/C14H20N4O/c1-10-5-7-12(8-6-10)9-18(4)14-17-16-13(19-14)11(2)15-3/h5-8,11,15H,9H2,1-4H3. The van der Waals surface area contributed by atoms with E-state index in [1.54, 1.807) is 0 Å². The third-order valence-corrected chi connectivity index (χ3v) is 3.10. The molecule has 1 aromatic heterocycles. The van der Waals surface area contributed by atoms with E-state index in [0.29, 0.717) is 11.9 Å². The predicted octanol–water partition coefficient (Wildman–Crippen LogP) is 2.29. The zero-order valence-electron chi connectivity index (χ0n) is 11.8. The normalized spacial score (nSPS) is 12.4. The maximum absolute atomic E-state index is 5.64. The topological polar surface area (TPSA) is 54.2 Å². The molecule has 1 heterocycles. The number of aromatic nitrogens is 2. The van der Waals surface area contributed by atoms with Crippen LogP contribution >= 0.6 is 0 Å². The van der Waals surface area contributed by atoms with Crippen LogP contribution in [-0.2, 0) is 6.54 Å². The van der Waals surface area contributed by atoms with Crippen molar-refractivity contribution < 1.29 is 4.42 Å². The zero-order chi connectivity index (χ0) is 13.8. The number of nitrogens with zero attached hydrogens (tertiary/aromatic N) is 3. The first-order chi connectivity index (χ1) is 9.10. The van der Waals surface area contributed by atoms with Crippen LogP contribution in [0, 0.1) is 6.92 Å². The predicted molar refractivity (Wildman–Crippen MR) is 75.1 cm³/mol. The van der Waals surface area contributed by atoms with E-state index in [4.69, 9.17) is 4.42 Å². The van der Waals surface area contributed by atoms with Crippen molar-refractivity contribution >= 4 is 6.01 Å². The third-order valence-electron chi connectivity index (χ3n) is 3.10. The van der Waals surface area contributed by atoms with Crippen molar-refractivity contribution in [2.24, 2.45) is 0 Å². The highest BCUT2D eigenvalue weighted by Crippen LogP contribution is 2.17. The van der Waals surface area contributed by atoms with Gasteiger partial charge in [0, 0.05) is 13.6 Å². The number of hydrogen-bond acceptors (Lipinski definition) is 5. The van der Waals surface area contributed by atoms with Gasteiger partial charge in [-0.25, -0.2) is 0 Å². The average molecular weight is 260 g/mol. The lowest BCUT2D eigenvalue weighted by molar-refractivity contribution is 0.432. The van der Waals surface area contributed by atoms with Gasteiger partial charge in [-0.1, -0.05) is 34.9 Å². The van der Waals surface area contributed by atoms with Crippen LogP contribution in [0.4, 0.5) is 6.01 Å². The number of anilines is 1. The third kappa shape index (κ3) is 3.32. The van der Waals surface area contributed by atoms with Crippen LogP contribution in [0.2, 0.25) is 0 Å². The molecule has 0 amide bonds. The lowest BCUT2D eigenvalue weighted by atomic mass is 10.1. The van der Waals surface area contributed by atoms with Gasteiger partial charge >= 0.3 is 6.01 Å². The summed E-state index contributed by atoms with van der Waals surface area (Å²) in [4.78, 5) is 1.95. The first kappa shape index (κ1) is 13.5. The highest BCUT2D eigenvalue weighted by Gasteiger charge is 2.14. The quantitative estimate of drug-likeness (QED) is 0.894. The summed E-state index contributed by atoms with van der Waals surface area (Å²) in [5.41, 5.74) is 2.48. The Morgan fingerprint density at radius 2 is 1.95 bits per heavy atom. The molecule has 2 aromatic rings. The number of rotatable bonds is 5. The molecule has 19 heavy (non-hydrogen) atoms. The van der Waals surface area contributed by atoms with E-state index in [0.717, 1.165) is 6.54 Å². The van der Waals surface area contributed by atoms with E-state index in [9.17, 15) is 0 Å². The minimum atomic E-state index is 0.0639. The molecule has 0 saturated carbocycles. The molecule has 5 heteroatoms. The molecule has 102 valence electrons. The smallest absolute Gasteiger partial charge is 0.318 e. The molecule has 1 N–H and O–H groups in total. The van der Waals surface area contributed by atoms with E-state index in [1.807, 2.05) is 25.9 Å². The zero-order valence-corrected chi connectivity index (χ0v) is 11.8. The minimum absolute atomic E-state index is 0.0639. The summed E-state index contributed by atoms with van der Waals surface area (Å²) in [6, 6.07) is 9.03. The molecule has 0 bridgehead atoms. The molecule has 0 aliphatic rings. The van der Waals surface area contributed by atoms with Gasteiger partial charge in [-0.2, -0.15) is 0 Å². The van der Waals surface area contributed by atoms with Gasteiger partial charge in [-0.05, 0) is 26.5 Å². The summed E-state index contributed by atoms with van der Waals surface area (Å²) in [5, 5.41) is 11.2. The van der Waals surface area contributed by atoms with Gasteiger partial charge in [0.1, 0.15) is 0 Å². The molecular formula is C14H20N4O. The van der Waals surface area contributed by atoms with Crippen molar-refractivity contribution in [1.29, 1.82) is 0 Å². The first-order valence-electron chi connectivity index (χ1n) is 6.37. The monoisotopic (exact) mass is 260 g/mol. The van der Waals surface area contributed by atoms with Gasteiger partial charge < -0.3 is 14.6 Å². The van der Waals surface area contributed by atoms with Gasteiger partial charge in [0.05, 0.1) is 6.04 Å². The Hall–Kier alpha value is -1.88. The number of aryl methyl sites for hydroxylation is 1. The summed E-state index contributed by atoms with van der Waals surface area (Å²) in [7, 11) is 3.81.